The first kappa shape index (κ1) is 44.1. The molecule has 2 aliphatic heterocycles. The Morgan fingerprint density at radius 3 is 1.40 bits per heavy atom. The molecule has 0 spiro atoms. The molecule has 0 aromatic heterocycles. The van der Waals surface area contributed by atoms with Crippen LogP contribution in [0.25, 0.3) is 0 Å². The fourth-order valence-electron chi connectivity index (χ4n) is 5.08. The number of hydrogen-bond acceptors (Lipinski definition) is 21. The van der Waals surface area contributed by atoms with Crippen LogP contribution in [0.1, 0.15) is 48.5 Å². The van der Waals surface area contributed by atoms with Gasteiger partial charge in [-0.15, -0.1) is 0 Å². The number of ether oxygens (including phenoxy) is 12. The first-order valence-corrected chi connectivity index (χ1v) is 16.3. The number of esters is 7. The first-order valence-electron chi connectivity index (χ1n) is 15.9. The van der Waals surface area contributed by atoms with Crippen LogP contribution in [0.2, 0.25) is 0 Å². The van der Waals surface area contributed by atoms with Gasteiger partial charge in [-0.25, -0.2) is 4.99 Å². The van der Waals surface area contributed by atoms with Crippen molar-refractivity contribution in [2.24, 2.45) is 4.99 Å². The Labute approximate surface area is 303 Å². The minimum absolute atomic E-state index is 0.0290. The van der Waals surface area contributed by atoms with Gasteiger partial charge in [0.1, 0.15) is 25.4 Å². The van der Waals surface area contributed by atoms with Crippen LogP contribution in [0.3, 0.4) is 0 Å². The van der Waals surface area contributed by atoms with E-state index in [2.05, 4.69) is 22.4 Å². The topological polar surface area (TPSA) is 243 Å². The van der Waals surface area contributed by atoms with Gasteiger partial charge in [0.2, 0.25) is 0 Å². The average molecular weight is 766 g/mol. The normalized spacial score (nSPS) is 28.2. The van der Waals surface area contributed by atoms with Crippen molar-refractivity contribution in [3.63, 3.8) is 0 Å². The molecule has 0 aromatic rings. The minimum atomic E-state index is -1.80. The SMILES string of the molecule is CC(=O)OC[C@H]1O[C@H](O[C@@H]2[C@@H](OCCOCCN=C=S)O[C@H](COC(C)=O)[C@@H](OC(C)=O)[C@@H]2OC(C)=O)[C@@H](OC(C)=O)[C@@H](OC(C)=O)[C@@H]1OC(C)=O. The molecule has 2 saturated heterocycles. The Hall–Kier alpha value is -4.11. The van der Waals surface area contributed by atoms with Crippen molar-refractivity contribution in [1.82, 2.24) is 0 Å². The van der Waals surface area contributed by atoms with Gasteiger partial charge in [-0.2, -0.15) is 0 Å². The molecule has 0 amide bonds. The summed E-state index contributed by atoms with van der Waals surface area (Å²) in [6.45, 7) is 6.56. The molecule has 2 heterocycles. The lowest BCUT2D eigenvalue weighted by Gasteiger charge is -2.48. The summed E-state index contributed by atoms with van der Waals surface area (Å²) in [6.07, 6.45) is -15.6. The highest BCUT2D eigenvalue weighted by Crippen LogP contribution is 2.35. The maximum absolute atomic E-state index is 12.5. The summed E-state index contributed by atoms with van der Waals surface area (Å²) in [5, 5.41) is 2.20. The van der Waals surface area contributed by atoms with Crippen LogP contribution in [-0.4, -0.2) is 148 Å². The Morgan fingerprint density at radius 2 is 0.962 bits per heavy atom. The van der Waals surface area contributed by atoms with Gasteiger partial charge in [0.25, 0.3) is 0 Å². The summed E-state index contributed by atoms with van der Waals surface area (Å²) in [4.78, 5) is 88.9. The smallest absolute Gasteiger partial charge is 0.303 e. The third-order valence-electron chi connectivity index (χ3n) is 6.81. The standard InChI is InChI=1S/C31H43NO19S/c1-15(33)42-12-22-24(44-17(3)35)26(46-19(5)37)28(30(49-22)41-11-10-40-9-8-32-14-52)51-31-29(48-21(7)39)27(47-20(6)38)25(45-18(4)36)23(50-31)13-43-16(2)34/h22-31H,8-13H2,1-7H3/t22-,23-,24-,25-,26+,27+,28+,29+,30+,31-/m1/s1. The van der Waals surface area contributed by atoms with E-state index in [1.54, 1.807) is 0 Å². The quantitative estimate of drug-likeness (QED) is 0.0574. The van der Waals surface area contributed by atoms with Crippen LogP contribution in [0.4, 0.5) is 0 Å². The van der Waals surface area contributed by atoms with E-state index in [1.807, 2.05) is 0 Å². The molecule has 0 aromatic carbocycles. The van der Waals surface area contributed by atoms with Crippen LogP contribution in [0.5, 0.6) is 0 Å². The second kappa shape index (κ2) is 22.1. The number of thiocarbonyl (C=S) groups is 1. The summed E-state index contributed by atoms with van der Waals surface area (Å²) >= 11 is 4.53. The lowest BCUT2D eigenvalue weighted by Crippen LogP contribution is -2.67. The maximum Gasteiger partial charge on any atom is 0.303 e. The molecule has 292 valence electrons. The number of aliphatic imine (C=N–C) groups is 1. The summed E-state index contributed by atoms with van der Waals surface area (Å²) in [6, 6.07) is 0. The van der Waals surface area contributed by atoms with Crippen LogP contribution in [0, 0.1) is 0 Å². The lowest BCUT2D eigenvalue weighted by atomic mass is 9.96. The summed E-state index contributed by atoms with van der Waals surface area (Å²) in [5.74, 6) is -5.87. The number of carbonyl (C=O) groups is 7. The fourth-order valence-corrected chi connectivity index (χ4v) is 5.18. The summed E-state index contributed by atoms with van der Waals surface area (Å²) in [5.41, 5.74) is 0. The zero-order valence-corrected chi connectivity index (χ0v) is 30.4. The predicted octanol–water partition coefficient (Wildman–Crippen LogP) is -0.258. The number of nitrogens with zero attached hydrogens (tertiary/aromatic N) is 1. The minimum Gasteiger partial charge on any atom is -0.463 e. The van der Waals surface area contributed by atoms with Crippen molar-refractivity contribution in [3.05, 3.63) is 0 Å². The van der Waals surface area contributed by atoms with Crippen molar-refractivity contribution in [1.29, 1.82) is 0 Å². The molecular weight excluding hydrogens is 722 g/mol. The largest absolute Gasteiger partial charge is 0.463 e. The van der Waals surface area contributed by atoms with E-state index < -0.39 is 116 Å². The first-order chi connectivity index (χ1) is 24.5. The molecule has 2 rings (SSSR count). The van der Waals surface area contributed by atoms with E-state index in [4.69, 9.17) is 56.8 Å². The average Bonchev–Trinajstić information content (AvgIpc) is 3.02. The molecule has 52 heavy (non-hydrogen) atoms. The van der Waals surface area contributed by atoms with Gasteiger partial charge < -0.3 is 56.8 Å². The highest BCUT2D eigenvalue weighted by atomic mass is 32.1. The second-order valence-corrected chi connectivity index (χ2v) is 11.3. The van der Waals surface area contributed by atoms with Crippen molar-refractivity contribution in [3.8, 4) is 0 Å². The molecule has 0 aliphatic carbocycles. The Kier molecular flexibility index (Phi) is 18.7. The molecule has 0 unspecified atom stereocenters. The molecule has 20 nitrogen and oxygen atoms in total. The van der Waals surface area contributed by atoms with E-state index in [1.165, 1.54) is 0 Å². The molecule has 0 bridgehead atoms. The zero-order chi connectivity index (χ0) is 39.0. The van der Waals surface area contributed by atoms with Crippen molar-refractivity contribution < 1.29 is 90.4 Å². The van der Waals surface area contributed by atoms with Crippen molar-refractivity contribution in [2.75, 3.05) is 39.6 Å². The fraction of sp³-hybridized carbons (Fsp3) is 0.742. The van der Waals surface area contributed by atoms with E-state index >= 15 is 0 Å². The zero-order valence-electron chi connectivity index (χ0n) is 29.6. The predicted molar refractivity (Wildman–Crippen MR) is 170 cm³/mol. The van der Waals surface area contributed by atoms with E-state index in [0.717, 1.165) is 48.5 Å². The molecule has 10 atom stereocenters. The summed E-state index contributed by atoms with van der Waals surface area (Å²) < 4.78 is 67.5. The summed E-state index contributed by atoms with van der Waals surface area (Å²) in [7, 11) is 0. The van der Waals surface area contributed by atoms with Crippen LogP contribution >= 0.6 is 12.2 Å². The van der Waals surface area contributed by atoms with Crippen LogP contribution in [-0.2, 0) is 90.4 Å². The second-order valence-electron chi connectivity index (χ2n) is 11.1. The van der Waals surface area contributed by atoms with E-state index in [9.17, 15) is 33.6 Å². The number of isothiocyanates is 1. The van der Waals surface area contributed by atoms with Crippen molar-refractivity contribution in [2.45, 2.75) is 110 Å². The van der Waals surface area contributed by atoms with Gasteiger partial charge in [0, 0.05) is 48.5 Å². The number of carbonyl (C=O) groups excluding carboxylic acids is 7. The highest BCUT2D eigenvalue weighted by molar-refractivity contribution is 7.78. The monoisotopic (exact) mass is 765 g/mol. The van der Waals surface area contributed by atoms with Gasteiger partial charge in [-0.1, -0.05) is 0 Å². The molecular formula is C31H43NO19S. The van der Waals surface area contributed by atoms with E-state index in [0.29, 0.717) is 0 Å². The van der Waals surface area contributed by atoms with Gasteiger partial charge in [0.15, 0.2) is 49.2 Å². The van der Waals surface area contributed by atoms with Gasteiger partial charge in [0.05, 0.1) is 31.5 Å². The van der Waals surface area contributed by atoms with Crippen LogP contribution in [0.15, 0.2) is 4.99 Å². The lowest BCUT2D eigenvalue weighted by molar-refractivity contribution is -0.369. The molecule has 0 saturated carbocycles. The Balaban J connectivity index is 2.68. The third kappa shape index (κ3) is 14.9. The number of rotatable bonds is 18. The molecule has 2 aliphatic rings. The van der Waals surface area contributed by atoms with Gasteiger partial charge in [-0.3, -0.25) is 33.6 Å². The van der Waals surface area contributed by atoms with Gasteiger partial charge in [-0.05, 0) is 12.2 Å². The highest BCUT2D eigenvalue weighted by Gasteiger charge is 2.57. The molecule has 0 radical (unpaired) electrons. The molecule has 21 heteroatoms. The van der Waals surface area contributed by atoms with Crippen molar-refractivity contribution >= 4 is 59.2 Å². The molecule has 2 fully saturated rings. The number of hydrogen-bond donors (Lipinski definition) is 0. The van der Waals surface area contributed by atoms with Crippen LogP contribution < -0.4 is 0 Å². The maximum atomic E-state index is 12.5. The Bertz CT molecular complexity index is 1320. The Morgan fingerprint density at radius 1 is 0.538 bits per heavy atom. The van der Waals surface area contributed by atoms with Gasteiger partial charge >= 0.3 is 41.8 Å². The van der Waals surface area contributed by atoms with E-state index in [-0.39, 0.29) is 26.4 Å². The molecule has 0 N–H and O–H groups in total. The third-order valence-corrected chi connectivity index (χ3v) is 6.94.